The van der Waals surface area contributed by atoms with Gasteiger partial charge in [0, 0.05) is 24.9 Å². The number of hydrogen-bond acceptors (Lipinski definition) is 2. The average molecular weight is 425 g/mol. The van der Waals surface area contributed by atoms with E-state index in [1.165, 1.54) is 42.9 Å². The second-order valence-corrected chi connectivity index (χ2v) is 8.94. The van der Waals surface area contributed by atoms with Gasteiger partial charge in [-0.05, 0) is 74.6 Å². The SMILES string of the molecule is CC#N.CCN(CCc1ccccc1)C(C)CCc1ccc(C2CCC(Cl)C2)cc1. The summed E-state index contributed by atoms with van der Waals surface area (Å²) in [6, 6.07) is 22.6. The highest BCUT2D eigenvalue weighted by atomic mass is 35.5. The molecule has 162 valence electrons. The number of aryl methyl sites for hydroxylation is 1. The highest BCUT2D eigenvalue weighted by Gasteiger charge is 2.24. The predicted octanol–water partition coefficient (Wildman–Crippen LogP) is 6.98. The molecule has 0 saturated heterocycles. The minimum atomic E-state index is 0.381. The Balaban J connectivity index is 0.00000101. The third-order valence-electron chi connectivity index (χ3n) is 6.23. The van der Waals surface area contributed by atoms with E-state index >= 15 is 0 Å². The highest BCUT2D eigenvalue weighted by Crippen LogP contribution is 2.37. The lowest BCUT2D eigenvalue weighted by Gasteiger charge is -2.28. The van der Waals surface area contributed by atoms with Crippen LogP contribution in [0, 0.1) is 11.3 Å². The van der Waals surface area contributed by atoms with Gasteiger partial charge in [0.15, 0.2) is 0 Å². The van der Waals surface area contributed by atoms with E-state index in [0.29, 0.717) is 17.3 Å². The van der Waals surface area contributed by atoms with Gasteiger partial charge in [-0.25, -0.2) is 0 Å². The summed E-state index contributed by atoms with van der Waals surface area (Å²) in [4.78, 5) is 2.61. The van der Waals surface area contributed by atoms with Crippen LogP contribution in [0.1, 0.15) is 69.1 Å². The van der Waals surface area contributed by atoms with Crippen LogP contribution in [0.3, 0.4) is 0 Å². The summed E-state index contributed by atoms with van der Waals surface area (Å²) in [5.74, 6) is 0.675. The fourth-order valence-electron chi connectivity index (χ4n) is 4.35. The van der Waals surface area contributed by atoms with Gasteiger partial charge in [0.1, 0.15) is 0 Å². The van der Waals surface area contributed by atoms with Crippen LogP contribution in [0.5, 0.6) is 0 Å². The zero-order valence-electron chi connectivity index (χ0n) is 18.9. The first kappa shape index (κ1) is 24.4. The second-order valence-electron chi connectivity index (χ2n) is 8.32. The van der Waals surface area contributed by atoms with Crippen molar-refractivity contribution in [3.63, 3.8) is 0 Å². The van der Waals surface area contributed by atoms with E-state index in [0.717, 1.165) is 32.4 Å². The smallest absolute Gasteiger partial charge is 0.0587 e. The quantitative estimate of drug-likeness (QED) is 0.406. The molecule has 1 fully saturated rings. The van der Waals surface area contributed by atoms with E-state index in [4.69, 9.17) is 16.9 Å². The molecule has 2 nitrogen and oxygen atoms in total. The molecule has 1 aliphatic rings. The number of nitrogens with zero attached hydrogens (tertiary/aromatic N) is 2. The fourth-order valence-corrected chi connectivity index (χ4v) is 4.69. The number of benzene rings is 2. The van der Waals surface area contributed by atoms with Gasteiger partial charge in [-0.1, -0.05) is 61.5 Å². The summed E-state index contributed by atoms with van der Waals surface area (Å²) in [6.45, 7) is 8.35. The lowest BCUT2D eigenvalue weighted by molar-refractivity contribution is 0.212. The van der Waals surface area contributed by atoms with Crippen LogP contribution in [0.2, 0.25) is 0 Å². The van der Waals surface area contributed by atoms with Crippen molar-refractivity contribution in [3.05, 3.63) is 71.3 Å². The number of alkyl halides is 1. The summed E-state index contributed by atoms with van der Waals surface area (Å²) in [5, 5.41) is 7.70. The molecular formula is C27H37ClN2. The maximum atomic E-state index is 7.32. The van der Waals surface area contributed by atoms with E-state index in [-0.39, 0.29) is 0 Å². The second kappa shape index (κ2) is 13.5. The molecule has 2 aromatic rings. The first-order valence-corrected chi connectivity index (χ1v) is 11.8. The van der Waals surface area contributed by atoms with Crippen molar-refractivity contribution in [1.29, 1.82) is 5.26 Å². The molecule has 3 rings (SSSR count). The summed E-state index contributed by atoms with van der Waals surface area (Å²) >= 11 is 6.28. The van der Waals surface area contributed by atoms with Crippen LogP contribution in [0.4, 0.5) is 0 Å². The summed E-state index contributed by atoms with van der Waals surface area (Å²) in [6.07, 6.45) is 7.07. The summed E-state index contributed by atoms with van der Waals surface area (Å²) in [5.41, 5.74) is 4.38. The zero-order valence-corrected chi connectivity index (χ0v) is 19.6. The number of nitriles is 1. The van der Waals surface area contributed by atoms with Crippen molar-refractivity contribution < 1.29 is 0 Å². The molecular weight excluding hydrogens is 388 g/mol. The van der Waals surface area contributed by atoms with Crippen LogP contribution >= 0.6 is 11.6 Å². The molecule has 0 bridgehead atoms. The third kappa shape index (κ3) is 8.13. The molecule has 1 aliphatic carbocycles. The standard InChI is InChI=1S/C25H34ClN.C2H3N/c1-3-27(18-17-21-7-5-4-6-8-21)20(2)9-10-22-11-13-23(14-12-22)24-15-16-25(26)19-24;1-2-3/h4-8,11-14,20,24-25H,3,9-10,15-19H2,1-2H3;1H3. The minimum Gasteiger partial charge on any atom is -0.301 e. The van der Waals surface area contributed by atoms with Crippen LogP contribution in [-0.4, -0.2) is 29.4 Å². The van der Waals surface area contributed by atoms with Crippen molar-refractivity contribution in [1.82, 2.24) is 4.90 Å². The molecule has 0 aromatic heterocycles. The van der Waals surface area contributed by atoms with Gasteiger partial charge in [-0.2, -0.15) is 5.26 Å². The van der Waals surface area contributed by atoms with Crippen molar-refractivity contribution in [2.75, 3.05) is 13.1 Å². The maximum absolute atomic E-state index is 7.32. The van der Waals surface area contributed by atoms with Gasteiger partial charge in [0.2, 0.25) is 0 Å². The lowest BCUT2D eigenvalue weighted by atomic mass is 9.95. The average Bonchev–Trinajstić information content (AvgIpc) is 3.20. The topological polar surface area (TPSA) is 27.0 Å². The van der Waals surface area contributed by atoms with Gasteiger partial charge in [0.25, 0.3) is 0 Å². The van der Waals surface area contributed by atoms with Crippen LogP contribution < -0.4 is 0 Å². The first-order valence-electron chi connectivity index (χ1n) is 11.4. The molecule has 3 unspecified atom stereocenters. The molecule has 0 spiro atoms. The largest absolute Gasteiger partial charge is 0.301 e. The molecule has 0 heterocycles. The van der Waals surface area contributed by atoms with E-state index in [1.807, 2.05) is 0 Å². The molecule has 1 saturated carbocycles. The monoisotopic (exact) mass is 424 g/mol. The van der Waals surface area contributed by atoms with E-state index in [9.17, 15) is 0 Å². The normalized spacial score (nSPS) is 19.1. The first-order chi connectivity index (χ1) is 14.6. The van der Waals surface area contributed by atoms with Crippen LogP contribution in [0.25, 0.3) is 0 Å². The molecule has 30 heavy (non-hydrogen) atoms. The zero-order chi connectivity index (χ0) is 21.8. The Morgan fingerprint density at radius 2 is 1.67 bits per heavy atom. The Bertz CT molecular complexity index is 751. The van der Waals surface area contributed by atoms with Crippen LogP contribution in [0.15, 0.2) is 54.6 Å². The van der Waals surface area contributed by atoms with Crippen molar-refractivity contribution in [3.8, 4) is 6.07 Å². The van der Waals surface area contributed by atoms with Crippen molar-refractivity contribution >= 4 is 11.6 Å². The summed E-state index contributed by atoms with van der Waals surface area (Å²) < 4.78 is 0. The summed E-state index contributed by atoms with van der Waals surface area (Å²) in [7, 11) is 0. The Kier molecular flexibility index (Phi) is 11.0. The number of rotatable bonds is 9. The minimum absolute atomic E-state index is 0.381. The molecule has 3 atom stereocenters. The Hall–Kier alpha value is -1.82. The third-order valence-corrected chi connectivity index (χ3v) is 6.63. The Morgan fingerprint density at radius 3 is 2.23 bits per heavy atom. The Morgan fingerprint density at radius 1 is 1.03 bits per heavy atom. The highest BCUT2D eigenvalue weighted by molar-refractivity contribution is 6.20. The van der Waals surface area contributed by atoms with E-state index in [2.05, 4.69) is 73.3 Å². The van der Waals surface area contributed by atoms with Gasteiger partial charge in [-0.15, -0.1) is 11.6 Å². The number of hydrogen-bond donors (Lipinski definition) is 0. The van der Waals surface area contributed by atoms with Crippen molar-refractivity contribution in [2.45, 2.75) is 76.6 Å². The van der Waals surface area contributed by atoms with Gasteiger partial charge >= 0.3 is 0 Å². The molecule has 3 heteroatoms. The molecule has 0 aliphatic heterocycles. The van der Waals surface area contributed by atoms with E-state index in [1.54, 1.807) is 6.07 Å². The Labute approximate surface area is 188 Å². The van der Waals surface area contributed by atoms with Gasteiger partial charge in [0.05, 0.1) is 6.07 Å². The fraction of sp³-hybridized carbons (Fsp3) is 0.519. The van der Waals surface area contributed by atoms with E-state index < -0.39 is 0 Å². The maximum Gasteiger partial charge on any atom is 0.0587 e. The molecule has 0 radical (unpaired) electrons. The van der Waals surface area contributed by atoms with Gasteiger partial charge < -0.3 is 4.90 Å². The number of halogens is 1. The number of likely N-dealkylation sites (N-methyl/N-ethyl adjacent to an activating group) is 1. The van der Waals surface area contributed by atoms with Crippen molar-refractivity contribution in [2.24, 2.45) is 0 Å². The lowest BCUT2D eigenvalue weighted by Crippen LogP contribution is -2.35. The molecule has 2 aromatic carbocycles. The van der Waals surface area contributed by atoms with Gasteiger partial charge in [-0.3, -0.25) is 0 Å². The molecule has 0 amide bonds. The molecule has 0 N–H and O–H groups in total. The predicted molar refractivity (Wildman–Crippen MR) is 129 cm³/mol. The van der Waals surface area contributed by atoms with Crippen LogP contribution in [-0.2, 0) is 12.8 Å².